The van der Waals surface area contributed by atoms with Gasteiger partial charge in [0.15, 0.2) is 11.5 Å². The quantitative estimate of drug-likeness (QED) is 0.652. The summed E-state index contributed by atoms with van der Waals surface area (Å²) in [7, 11) is -3.77. The lowest BCUT2D eigenvalue weighted by Gasteiger charge is -2.20. The fourth-order valence-corrected chi connectivity index (χ4v) is 5.06. The van der Waals surface area contributed by atoms with E-state index in [1.807, 2.05) is 13.0 Å². The fraction of sp³-hybridized carbons (Fsp3) is 0.364. The van der Waals surface area contributed by atoms with Crippen molar-refractivity contribution in [1.82, 2.24) is 10.0 Å². The first-order valence-corrected chi connectivity index (χ1v) is 11.8. The molecule has 10 heteroatoms. The summed E-state index contributed by atoms with van der Waals surface area (Å²) < 4.78 is 38.3. The van der Waals surface area contributed by atoms with Gasteiger partial charge in [0.05, 0.1) is 4.90 Å². The Labute approximate surface area is 186 Å². The first kappa shape index (κ1) is 22.1. The summed E-state index contributed by atoms with van der Waals surface area (Å²) in [5.41, 5.74) is 2.42. The highest BCUT2D eigenvalue weighted by Gasteiger charge is 2.30. The van der Waals surface area contributed by atoms with Crippen LogP contribution in [-0.2, 0) is 32.6 Å². The molecule has 0 bridgehead atoms. The number of hydrogen-bond acceptors (Lipinski definition) is 6. The van der Waals surface area contributed by atoms with Crippen molar-refractivity contribution in [2.75, 3.05) is 18.2 Å². The number of nitrogens with zero attached hydrogens (tertiary/aromatic N) is 1. The molecule has 2 amide bonds. The first-order chi connectivity index (χ1) is 15.2. The molecule has 2 N–H and O–H groups in total. The van der Waals surface area contributed by atoms with Crippen molar-refractivity contribution >= 4 is 27.5 Å². The third-order valence-electron chi connectivity index (χ3n) is 5.49. The van der Waals surface area contributed by atoms with Gasteiger partial charge in [0.1, 0.15) is 0 Å². The Kier molecular flexibility index (Phi) is 6.07. The van der Waals surface area contributed by atoms with Crippen molar-refractivity contribution in [3.63, 3.8) is 0 Å². The summed E-state index contributed by atoms with van der Waals surface area (Å²) >= 11 is 0. The van der Waals surface area contributed by atoms with E-state index < -0.39 is 10.0 Å². The molecule has 0 saturated heterocycles. The average Bonchev–Trinajstić information content (AvgIpc) is 3.34. The number of fused-ring (bicyclic) bond motifs is 2. The van der Waals surface area contributed by atoms with E-state index in [0.717, 1.165) is 16.8 Å². The van der Waals surface area contributed by atoms with Crippen LogP contribution in [0.25, 0.3) is 0 Å². The van der Waals surface area contributed by atoms with Gasteiger partial charge in [0, 0.05) is 38.2 Å². The minimum Gasteiger partial charge on any atom is -0.454 e. The number of sulfonamides is 1. The molecule has 0 fully saturated rings. The largest absolute Gasteiger partial charge is 0.454 e. The minimum absolute atomic E-state index is 0.00384. The molecule has 2 aliphatic rings. The third kappa shape index (κ3) is 4.56. The monoisotopic (exact) mass is 459 g/mol. The molecule has 0 saturated carbocycles. The number of carbonyl (C=O) groups is 2. The number of nitrogens with one attached hydrogen (secondary N) is 2. The predicted octanol–water partition coefficient (Wildman–Crippen LogP) is 1.70. The molecular weight excluding hydrogens is 434 g/mol. The van der Waals surface area contributed by atoms with Crippen LogP contribution in [0.1, 0.15) is 31.4 Å². The fourth-order valence-electron chi connectivity index (χ4n) is 3.98. The summed E-state index contributed by atoms with van der Waals surface area (Å²) in [4.78, 5) is 25.8. The molecule has 9 nitrogen and oxygen atoms in total. The molecule has 2 aromatic rings. The third-order valence-corrected chi connectivity index (χ3v) is 6.95. The van der Waals surface area contributed by atoms with Gasteiger partial charge in [-0.2, -0.15) is 0 Å². The second-order valence-corrected chi connectivity index (χ2v) is 9.61. The number of amides is 2. The van der Waals surface area contributed by atoms with Crippen molar-refractivity contribution in [2.45, 2.75) is 44.2 Å². The summed E-state index contributed by atoms with van der Waals surface area (Å²) in [6.07, 6.45) is 0.602. The highest BCUT2D eigenvalue weighted by atomic mass is 32.2. The second-order valence-electron chi connectivity index (χ2n) is 7.84. The lowest BCUT2D eigenvalue weighted by atomic mass is 10.1. The van der Waals surface area contributed by atoms with E-state index in [1.165, 1.54) is 13.0 Å². The van der Waals surface area contributed by atoms with Crippen molar-refractivity contribution in [2.24, 2.45) is 0 Å². The molecular formula is C22H25N3O6S. The topological polar surface area (TPSA) is 114 Å². The van der Waals surface area contributed by atoms with Gasteiger partial charge < -0.3 is 19.7 Å². The van der Waals surface area contributed by atoms with E-state index in [-0.39, 0.29) is 42.5 Å². The molecule has 1 atom stereocenters. The lowest BCUT2D eigenvalue weighted by molar-refractivity contribution is -0.121. The summed E-state index contributed by atoms with van der Waals surface area (Å²) in [6, 6.07) is 10.1. The number of ether oxygens (including phenoxy) is 2. The Bertz CT molecular complexity index is 1160. The highest BCUT2D eigenvalue weighted by molar-refractivity contribution is 7.89. The number of carbonyl (C=O) groups excluding carboxylic acids is 2. The normalized spacial score (nSPS) is 16.7. The van der Waals surface area contributed by atoms with Crippen LogP contribution >= 0.6 is 0 Å². The van der Waals surface area contributed by atoms with Gasteiger partial charge in [-0.1, -0.05) is 6.07 Å². The van der Waals surface area contributed by atoms with Gasteiger partial charge >= 0.3 is 0 Å². The van der Waals surface area contributed by atoms with Gasteiger partial charge in [-0.05, 0) is 54.8 Å². The Morgan fingerprint density at radius 2 is 1.91 bits per heavy atom. The lowest BCUT2D eigenvalue weighted by Crippen LogP contribution is -2.33. The predicted molar refractivity (Wildman–Crippen MR) is 117 cm³/mol. The van der Waals surface area contributed by atoms with Crippen molar-refractivity contribution in [3.05, 3.63) is 47.5 Å². The Balaban J connectivity index is 1.29. The molecule has 0 aliphatic carbocycles. The second kappa shape index (κ2) is 8.79. The zero-order valence-electron chi connectivity index (χ0n) is 17.9. The van der Waals surface area contributed by atoms with Gasteiger partial charge in [-0.25, -0.2) is 13.1 Å². The molecule has 0 unspecified atom stereocenters. The maximum absolute atomic E-state index is 12.6. The Morgan fingerprint density at radius 3 is 2.69 bits per heavy atom. The van der Waals surface area contributed by atoms with Gasteiger partial charge in [0.2, 0.25) is 28.6 Å². The number of benzene rings is 2. The van der Waals surface area contributed by atoms with Crippen LogP contribution in [0.3, 0.4) is 0 Å². The zero-order valence-corrected chi connectivity index (χ0v) is 18.7. The van der Waals surface area contributed by atoms with E-state index >= 15 is 0 Å². The van der Waals surface area contributed by atoms with Crippen molar-refractivity contribution in [1.29, 1.82) is 0 Å². The van der Waals surface area contributed by atoms with Crippen LogP contribution in [0.2, 0.25) is 0 Å². The summed E-state index contributed by atoms with van der Waals surface area (Å²) in [5, 5.41) is 2.76. The average molecular weight is 460 g/mol. The Hall–Kier alpha value is -3.11. The van der Waals surface area contributed by atoms with Crippen LogP contribution < -0.4 is 24.4 Å². The van der Waals surface area contributed by atoms with E-state index in [9.17, 15) is 18.0 Å². The van der Waals surface area contributed by atoms with E-state index in [2.05, 4.69) is 10.0 Å². The zero-order chi connectivity index (χ0) is 22.9. The highest BCUT2D eigenvalue weighted by Crippen LogP contribution is 2.34. The minimum atomic E-state index is -3.77. The Morgan fingerprint density at radius 1 is 1.12 bits per heavy atom. The smallest absolute Gasteiger partial charge is 0.240 e. The first-order valence-electron chi connectivity index (χ1n) is 10.3. The maximum atomic E-state index is 12.6. The summed E-state index contributed by atoms with van der Waals surface area (Å²) in [5.74, 6) is 0.964. The van der Waals surface area contributed by atoms with E-state index in [4.69, 9.17) is 9.47 Å². The van der Waals surface area contributed by atoms with Crippen molar-refractivity contribution in [3.8, 4) is 11.5 Å². The van der Waals surface area contributed by atoms with Crippen LogP contribution in [-0.4, -0.2) is 39.6 Å². The molecule has 32 heavy (non-hydrogen) atoms. The SMILES string of the molecule is CC(=O)N1c2ccc(S(=O)(=O)NCCC(=O)NCc3ccc4c(c3)OCO4)cc2C[C@H]1C. The maximum Gasteiger partial charge on any atom is 0.240 e. The van der Waals surface area contributed by atoms with Crippen LogP contribution in [0.5, 0.6) is 11.5 Å². The van der Waals surface area contributed by atoms with E-state index in [1.54, 1.807) is 29.2 Å². The molecule has 0 spiro atoms. The molecule has 0 aromatic heterocycles. The van der Waals surface area contributed by atoms with Crippen LogP contribution in [0, 0.1) is 0 Å². The number of hydrogen-bond donors (Lipinski definition) is 2. The molecule has 2 heterocycles. The molecule has 170 valence electrons. The standard InChI is InChI=1S/C22H25N3O6S/c1-14-9-17-11-18(4-5-19(17)25(14)15(2)26)32(28,29)24-8-7-22(27)23-12-16-3-6-20-21(10-16)31-13-30-20/h3-6,10-11,14,24H,7-9,12-13H2,1-2H3,(H,23,27)/t14-/m1/s1. The molecule has 2 aromatic carbocycles. The van der Waals surface area contributed by atoms with Crippen molar-refractivity contribution < 1.29 is 27.5 Å². The van der Waals surface area contributed by atoms with Gasteiger partial charge in [-0.3, -0.25) is 9.59 Å². The molecule has 4 rings (SSSR count). The molecule has 2 aliphatic heterocycles. The van der Waals surface area contributed by atoms with Gasteiger partial charge in [0.25, 0.3) is 0 Å². The summed E-state index contributed by atoms with van der Waals surface area (Å²) in [6.45, 7) is 3.88. The van der Waals surface area contributed by atoms with Gasteiger partial charge in [-0.15, -0.1) is 0 Å². The van der Waals surface area contributed by atoms with Crippen LogP contribution in [0.4, 0.5) is 5.69 Å². The van der Waals surface area contributed by atoms with E-state index in [0.29, 0.717) is 24.5 Å². The number of rotatable bonds is 7. The number of anilines is 1. The molecule has 0 radical (unpaired) electrons. The van der Waals surface area contributed by atoms with Crippen LogP contribution in [0.15, 0.2) is 41.3 Å².